The number of methoxy groups -OCH3 is 1. The third kappa shape index (κ3) is 4.49. The number of benzene rings is 2. The number of aromatic nitrogens is 4. The molecule has 0 fully saturated rings. The number of fused-ring (bicyclic) bond motifs is 1. The molecule has 0 atom stereocenters. The highest BCUT2D eigenvalue weighted by Gasteiger charge is 2.12. The second-order valence-electron chi connectivity index (χ2n) is 6.57. The quantitative estimate of drug-likeness (QED) is 0.343. The number of ether oxygens (including phenoxy) is 2. The largest absolute Gasteiger partial charge is 0.497 e. The Labute approximate surface area is 178 Å². The van der Waals surface area contributed by atoms with Gasteiger partial charge in [0, 0.05) is 17.4 Å². The number of aryl methyl sites for hydroxylation is 1. The van der Waals surface area contributed by atoms with E-state index in [4.69, 9.17) is 9.47 Å². The SMILES string of the molecule is CCc1ccc(OCCSc2nc(-c3ccc(OC)cc3)nc3cc(=O)[nH]n23)cc1. The second-order valence-corrected chi connectivity index (χ2v) is 7.63. The molecule has 0 aliphatic carbocycles. The molecule has 2 aromatic heterocycles. The Bertz CT molecular complexity index is 1180. The van der Waals surface area contributed by atoms with Crippen LogP contribution in [-0.2, 0) is 6.42 Å². The van der Waals surface area contributed by atoms with Gasteiger partial charge in [-0.15, -0.1) is 0 Å². The van der Waals surface area contributed by atoms with E-state index in [9.17, 15) is 4.79 Å². The maximum Gasteiger partial charge on any atom is 0.266 e. The lowest BCUT2D eigenvalue weighted by molar-refractivity contribution is 0.343. The Kier molecular flexibility index (Phi) is 6.04. The molecule has 0 unspecified atom stereocenters. The molecule has 4 rings (SSSR count). The normalized spacial score (nSPS) is 11.0. The van der Waals surface area contributed by atoms with Crippen molar-refractivity contribution in [2.45, 2.75) is 18.5 Å². The highest BCUT2D eigenvalue weighted by molar-refractivity contribution is 7.99. The van der Waals surface area contributed by atoms with E-state index < -0.39 is 0 Å². The molecule has 2 heterocycles. The Balaban J connectivity index is 1.50. The first kappa shape index (κ1) is 20.0. The van der Waals surface area contributed by atoms with Crippen molar-refractivity contribution >= 4 is 17.4 Å². The molecule has 2 aromatic carbocycles. The minimum atomic E-state index is -0.217. The molecule has 0 radical (unpaired) electrons. The van der Waals surface area contributed by atoms with Gasteiger partial charge < -0.3 is 9.47 Å². The highest BCUT2D eigenvalue weighted by atomic mass is 32.2. The Morgan fingerprint density at radius 1 is 1.03 bits per heavy atom. The third-order valence-corrected chi connectivity index (χ3v) is 5.49. The van der Waals surface area contributed by atoms with Crippen LogP contribution in [0.1, 0.15) is 12.5 Å². The monoisotopic (exact) mass is 422 g/mol. The molecular weight excluding hydrogens is 400 g/mol. The van der Waals surface area contributed by atoms with Crippen LogP contribution in [0.4, 0.5) is 0 Å². The summed E-state index contributed by atoms with van der Waals surface area (Å²) in [6.07, 6.45) is 1.01. The Hall–Kier alpha value is -3.26. The molecule has 0 saturated heterocycles. The van der Waals surface area contributed by atoms with E-state index in [1.165, 1.54) is 23.4 Å². The van der Waals surface area contributed by atoms with Gasteiger partial charge in [-0.25, -0.2) is 14.5 Å². The average Bonchev–Trinajstić information content (AvgIpc) is 3.17. The number of hydrogen-bond donors (Lipinski definition) is 1. The summed E-state index contributed by atoms with van der Waals surface area (Å²) in [5.74, 6) is 2.82. The number of nitrogens with one attached hydrogen (secondary N) is 1. The second kappa shape index (κ2) is 9.04. The molecule has 0 aliphatic heterocycles. The first-order valence-electron chi connectivity index (χ1n) is 9.65. The van der Waals surface area contributed by atoms with Crippen molar-refractivity contribution in [3.8, 4) is 22.9 Å². The molecule has 8 heteroatoms. The molecule has 1 N–H and O–H groups in total. The minimum Gasteiger partial charge on any atom is -0.497 e. The topological polar surface area (TPSA) is 81.5 Å². The molecular formula is C22H22N4O3S. The zero-order valence-electron chi connectivity index (χ0n) is 16.8. The summed E-state index contributed by atoms with van der Waals surface area (Å²) in [6, 6.07) is 17.1. The van der Waals surface area contributed by atoms with E-state index in [0.29, 0.717) is 29.0 Å². The molecule has 0 aliphatic rings. The Morgan fingerprint density at radius 2 is 1.77 bits per heavy atom. The van der Waals surface area contributed by atoms with Crippen molar-refractivity contribution < 1.29 is 9.47 Å². The van der Waals surface area contributed by atoms with Crippen molar-refractivity contribution in [3.63, 3.8) is 0 Å². The highest BCUT2D eigenvalue weighted by Crippen LogP contribution is 2.23. The van der Waals surface area contributed by atoms with Crippen LogP contribution in [0, 0.1) is 0 Å². The van der Waals surface area contributed by atoms with Gasteiger partial charge in [-0.05, 0) is 48.4 Å². The van der Waals surface area contributed by atoms with Crippen LogP contribution in [-0.4, -0.2) is 39.1 Å². The predicted molar refractivity (Wildman–Crippen MR) is 118 cm³/mol. The predicted octanol–water partition coefficient (Wildman–Crippen LogP) is 3.83. The van der Waals surface area contributed by atoms with Gasteiger partial charge >= 0.3 is 0 Å². The number of hydrogen-bond acceptors (Lipinski definition) is 6. The van der Waals surface area contributed by atoms with Crippen LogP contribution in [0.25, 0.3) is 17.0 Å². The first-order chi connectivity index (χ1) is 14.7. The lowest BCUT2D eigenvalue weighted by atomic mass is 10.2. The van der Waals surface area contributed by atoms with Gasteiger partial charge in [-0.1, -0.05) is 30.8 Å². The maximum atomic E-state index is 11.8. The van der Waals surface area contributed by atoms with Crippen molar-refractivity contribution in [3.05, 3.63) is 70.5 Å². The van der Waals surface area contributed by atoms with Crippen molar-refractivity contribution in [2.75, 3.05) is 19.5 Å². The van der Waals surface area contributed by atoms with E-state index in [1.54, 1.807) is 11.6 Å². The van der Waals surface area contributed by atoms with E-state index in [0.717, 1.165) is 23.5 Å². The van der Waals surface area contributed by atoms with Crippen LogP contribution in [0.5, 0.6) is 11.5 Å². The number of aromatic amines is 1. The summed E-state index contributed by atoms with van der Waals surface area (Å²) >= 11 is 1.50. The van der Waals surface area contributed by atoms with Gasteiger partial charge in [0.25, 0.3) is 5.56 Å². The molecule has 0 saturated carbocycles. The van der Waals surface area contributed by atoms with Crippen LogP contribution in [0.15, 0.2) is 64.5 Å². The van der Waals surface area contributed by atoms with Crippen molar-refractivity contribution in [1.29, 1.82) is 0 Å². The zero-order valence-corrected chi connectivity index (χ0v) is 17.6. The van der Waals surface area contributed by atoms with E-state index >= 15 is 0 Å². The maximum absolute atomic E-state index is 11.8. The van der Waals surface area contributed by atoms with Gasteiger partial charge in [0.2, 0.25) is 0 Å². The average molecular weight is 423 g/mol. The molecule has 7 nitrogen and oxygen atoms in total. The lowest BCUT2D eigenvalue weighted by Crippen LogP contribution is -2.06. The Morgan fingerprint density at radius 3 is 2.47 bits per heavy atom. The summed E-state index contributed by atoms with van der Waals surface area (Å²) in [4.78, 5) is 21.0. The van der Waals surface area contributed by atoms with Crippen LogP contribution < -0.4 is 15.0 Å². The summed E-state index contributed by atoms with van der Waals surface area (Å²) in [7, 11) is 1.62. The standard InChI is InChI=1S/C22H22N4O3S/c1-3-15-4-8-18(9-5-15)29-12-13-30-22-24-21(16-6-10-17(28-2)11-7-16)23-19-14-20(27)25-26(19)22/h4-11,14H,3,12-13H2,1-2H3,(H,25,27). The fourth-order valence-corrected chi connectivity index (χ4v) is 3.73. The number of nitrogens with zero attached hydrogens (tertiary/aromatic N) is 3. The molecule has 4 aromatic rings. The molecule has 0 spiro atoms. The van der Waals surface area contributed by atoms with E-state index in [2.05, 4.69) is 34.1 Å². The van der Waals surface area contributed by atoms with Crippen LogP contribution >= 0.6 is 11.8 Å². The zero-order chi connectivity index (χ0) is 20.9. The summed E-state index contributed by atoms with van der Waals surface area (Å²) in [6.45, 7) is 2.64. The van der Waals surface area contributed by atoms with Gasteiger partial charge in [0.15, 0.2) is 16.6 Å². The number of thioether (sulfide) groups is 1. The van der Waals surface area contributed by atoms with E-state index in [1.807, 2.05) is 36.4 Å². The van der Waals surface area contributed by atoms with Gasteiger partial charge in [0.05, 0.1) is 13.7 Å². The molecule has 0 bridgehead atoms. The van der Waals surface area contributed by atoms with Crippen molar-refractivity contribution in [1.82, 2.24) is 19.6 Å². The molecule has 154 valence electrons. The summed E-state index contributed by atoms with van der Waals surface area (Å²) < 4.78 is 12.6. The van der Waals surface area contributed by atoms with Crippen molar-refractivity contribution in [2.24, 2.45) is 0 Å². The molecule has 30 heavy (non-hydrogen) atoms. The van der Waals surface area contributed by atoms with Crippen LogP contribution in [0.2, 0.25) is 0 Å². The minimum absolute atomic E-state index is 0.217. The van der Waals surface area contributed by atoms with Gasteiger partial charge in [-0.2, -0.15) is 0 Å². The lowest BCUT2D eigenvalue weighted by Gasteiger charge is -2.09. The van der Waals surface area contributed by atoms with Gasteiger partial charge in [-0.3, -0.25) is 9.89 Å². The van der Waals surface area contributed by atoms with Crippen LogP contribution in [0.3, 0.4) is 0 Å². The first-order valence-corrected chi connectivity index (χ1v) is 10.6. The fraction of sp³-hybridized carbons (Fsp3) is 0.227. The molecule has 0 amide bonds. The number of rotatable bonds is 8. The summed E-state index contributed by atoms with van der Waals surface area (Å²) in [5, 5.41) is 3.40. The smallest absolute Gasteiger partial charge is 0.266 e. The summed E-state index contributed by atoms with van der Waals surface area (Å²) in [5.41, 5.74) is 2.44. The number of H-pyrrole nitrogens is 1. The van der Waals surface area contributed by atoms with Gasteiger partial charge in [0.1, 0.15) is 11.5 Å². The fourth-order valence-electron chi connectivity index (χ4n) is 2.96. The van der Waals surface area contributed by atoms with E-state index in [-0.39, 0.29) is 5.56 Å². The third-order valence-electron chi connectivity index (χ3n) is 4.59.